The lowest BCUT2D eigenvalue weighted by Gasteiger charge is -2.16. The molecule has 1 aromatic heterocycles. The first kappa shape index (κ1) is 21.8. The number of nitrogens with two attached hydrogens (primary N) is 1. The smallest absolute Gasteiger partial charge is 0.280 e. The van der Waals surface area contributed by atoms with Crippen molar-refractivity contribution in [2.45, 2.75) is 4.90 Å². The number of carbonyl (C=O) groups excluding carboxylic acids is 1. The van der Waals surface area contributed by atoms with Crippen molar-refractivity contribution in [2.75, 3.05) is 16.3 Å². The normalized spacial score (nSPS) is 11.0. The highest BCUT2D eigenvalue weighted by atomic mass is 35.5. The molecule has 0 aliphatic rings. The van der Waals surface area contributed by atoms with E-state index >= 15 is 0 Å². The Morgan fingerprint density at radius 1 is 1.10 bits per heavy atom. The molecule has 2 aromatic carbocycles. The van der Waals surface area contributed by atoms with Crippen LogP contribution in [0.1, 0.15) is 0 Å². The van der Waals surface area contributed by atoms with E-state index in [1.54, 1.807) is 12.1 Å². The molecule has 0 saturated carbocycles. The van der Waals surface area contributed by atoms with Crippen LogP contribution in [0.15, 0.2) is 65.8 Å². The SMILES string of the molecule is NN(c1ncccn1)S(=O)(=O)c1ccc(NC(=O)COc2ccc(Cl)cc2Cl)cc1. The van der Waals surface area contributed by atoms with Crippen molar-refractivity contribution in [1.29, 1.82) is 0 Å². The summed E-state index contributed by atoms with van der Waals surface area (Å²) in [6.07, 6.45) is 2.74. The summed E-state index contributed by atoms with van der Waals surface area (Å²) in [7, 11) is -4.07. The molecule has 0 aliphatic carbocycles. The van der Waals surface area contributed by atoms with E-state index in [0.717, 1.165) is 0 Å². The molecule has 3 rings (SSSR count). The van der Waals surface area contributed by atoms with Gasteiger partial charge in [-0.05, 0) is 48.5 Å². The molecular weight excluding hydrogens is 453 g/mol. The summed E-state index contributed by atoms with van der Waals surface area (Å²) in [4.78, 5) is 19.6. The molecule has 0 spiro atoms. The lowest BCUT2D eigenvalue weighted by molar-refractivity contribution is -0.118. The van der Waals surface area contributed by atoms with Crippen LogP contribution in [0.3, 0.4) is 0 Å². The zero-order chi connectivity index (χ0) is 21.7. The highest BCUT2D eigenvalue weighted by Crippen LogP contribution is 2.27. The molecule has 156 valence electrons. The van der Waals surface area contributed by atoms with E-state index in [2.05, 4.69) is 15.3 Å². The van der Waals surface area contributed by atoms with Gasteiger partial charge in [0.15, 0.2) is 6.61 Å². The third-order valence-electron chi connectivity index (χ3n) is 3.70. The van der Waals surface area contributed by atoms with Gasteiger partial charge in [-0.2, -0.15) is 12.8 Å². The predicted molar refractivity (Wildman–Crippen MR) is 113 cm³/mol. The fourth-order valence-corrected chi connectivity index (χ4v) is 3.75. The number of ether oxygens (including phenoxy) is 1. The zero-order valence-electron chi connectivity index (χ0n) is 15.2. The quantitative estimate of drug-likeness (QED) is 0.403. The maximum absolute atomic E-state index is 12.6. The van der Waals surface area contributed by atoms with Gasteiger partial charge in [0.1, 0.15) is 5.75 Å². The van der Waals surface area contributed by atoms with Gasteiger partial charge in [-0.3, -0.25) is 4.79 Å². The molecule has 12 heteroatoms. The summed E-state index contributed by atoms with van der Waals surface area (Å²) in [5.41, 5.74) is 0.365. The highest BCUT2D eigenvalue weighted by molar-refractivity contribution is 7.92. The minimum Gasteiger partial charge on any atom is -0.482 e. The van der Waals surface area contributed by atoms with Crippen LogP contribution in [-0.2, 0) is 14.8 Å². The molecule has 0 radical (unpaired) electrons. The number of aromatic nitrogens is 2. The van der Waals surface area contributed by atoms with Crippen LogP contribution in [0.4, 0.5) is 11.6 Å². The molecule has 3 N–H and O–H groups in total. The Kier molecular flexibility index (Phi) is 6.73. The standard InChI is InChI=1S/C18H15Cl2N5O4S/c19-12-2-7-16(15(20)10-12)29-11-17(26)24-13-3-5-14(6-4-13)30(27,28)25(21)18-22-8-1-9-23-18/h1-10H,11,21H2,(H,24,26). The van der Waals surface area contributed by atoms with Gasteiger partial charge in [-0.1, -0.05) is 23.2 Å². The number of hydrazine groups is 1. The van der Waals surface area contributed by atoms with E-state index < -0.39 is 15.9 Å². The Morgan fingerprint density at radius 3 is 2.40 bits per heavy atom. The van der Waals surface area contributed by atoms with E-state index in [1.165, 1.54) is 48.8 Å². The van der Waals surface area contributed by atoms with Crippen molar-refractivity contribution >= 4 is 50.8 Å². The first-order chi connectivity index (χ1) is 14.3. The average molecular weight is 468 g/mol. The van der Waals surface area contributed by atoms with Crippen LogP contribution >= 0.6 is 23.2 Å². The lowest BCUT2D eigenvalue weighted by Crippen LogP contribution is -2.38. The van der Waals surface area contributed by atoms with Crippen LogP contribution in [0.5, 0.6) is 5.75 Å². The van der Waals surface area contributed by atoms with Crippen molar-refractivity contribution in [2.24, 2.45) is 5.84 Å². The summed E-state index contributed by atoms with van der Waals surface area (Å²) >= 11 is 11.8. The van der Waals surface area contributed by atoms with E-state index in [1.807, 2.05) is 0 Å². The van der Waals surface area contributed by atoms with Gasteiger partial charge in [0.05, 0.1) is 9.92 Å². The number of anilines is 2. The second kappa shape index (κ2) is 9.26. The molecule has 30 heavy (non-hydrogen) atoms. The summed E-state index contributed by atoms with van der Waals surface area (Å²) in [5.74, 6) is 5.33. The maximum atomic E-state index is 12.6. The number of halogens is 2. The van der Waals surface area contributed by atoms with Crippen molar-refractivity contribution in [3.63, 3.8) is 0 Å². The van der Waals surface area contributed by atoms with E-state index in [-0.39, 0.29) is 22.5 Å². The molecule has 3 aromatic rings. The number of benzene rings is 2. The number of nitrogens with zero attached hydrogens (tertiary/aromatic N) is 3. The van der Waals surface area contributed by atoms with Gasteiger partial charge in [0.2, 0.25) is 0 Å². The summed E-state index contributed by atoms with van der Waals surface area (Å²) in [5, 5.41) is 3.31. The van der Waals surface area contributed by atoms with Crippen LogP contribution in [0.25, 0.3) is 0 Å². The van der Waals surface area contributed by atoms with Crippen LogP contribution in [0.2, 0.25) is 10.0 Å². The third-order valence-corrected chi connectivity index (χ3v) is 5.78. The second-order valence-electron chi connectivity index (χ2n) is 5.79. The molecule has 0 aliphatic heterocycles. The lowest BCUT2D eigenvalue weighted by atomic mass is 10.3. The topological polar surface area (TPSA) is 128 Å². The van der Waals surface area contributed by atoms with Crippen LogP contribution in [0, 0.1) is 0 Å². The van der Waals surface area contributed by atoms with Gasteiger partial charge in [-0.15, -0.1) is 0 Å². The van der Waals surface area contributed by atoms with Crippen LogP contribution in [-0.4, -0.2) is 30.9 Å². The van der Waals surface area contributed by atoms with Gasteiger partial charge >= 0.3 is 0 Å². The number of hydrogen-bond acceptors (Lipinski definition) is 7. The molecular formula is C18H15Cl2N5O4S. The fraction of sp³-hybridized carbons (Fsp3) is 0.0556. The Morgan fingerprint density at radius 2 is 1.77 bits per heavy atom. The second-order valence-corrected chi connectivity index (χ2v) is 8.44. The van der Waals surface area contributed by atoms with Gasteiger partial charge < -0.3 is 10.1 Å². The predicted octanol–water partition coefficient (Wildman–Crippen LogP) is 2.87. The van der Waals surface area contributed by atoms with Crippen molar-refractivity contribution < 1.29 is 17.9 Å². The first-order valence-electron chi connectivity index (χ1n) is 8.32. The van der Waals surface area contributed by atoms with Crippen molar-refractivity contribution in [3.05, 3.63) is 71.0 Å². The fourth-order valence-electron chi connectivity index (χ4n) is 2.27. The molecule has 0 atom stereocenters. The van der Waals surface area contributed by atoms with Gasteiger partial charge in [0, 0.05) is 23.1 Å². The molecule has 9 nitrogen and oxygen atoms in total. The number of hydrogen-bond donors (Lipinski definition) is 2. The number of nitrogens with one attached hydrogen (secondary N) is 1. The van der Waals surface area contributed by atoms with Crippen molar-refractivity contribution in [3.8, 4) is 5.75 Å². The molecule has 0 unspecified atom stereocenters. The summed E-state index contributed by atoms with van der Waals surface area (Å²) in [6, 6.07) is 11.6. The molecule has 0 bridgehead atoms. The van der Waals surface area contributed by atoms with E-state index in [4.69, 9.17) is 33.8 Å². The third kappa shape index (κ3) is 5.16. The zero-order valence-corrected chi connectivity index (χ0v) is 17.5. The van der Waals surface area contributed by atoms with Gasteiger partial charge in [-0.25, -0.2) is 15.8 Å². The number of rotatable bonds is 7. The summed E-state index contributed by atoms with van der Waals surface area (Å²) < 4.78 is 31.0. The molecule has 0 fully saturated rings. The minimum atomic E-state index is -4.07. The largest absolute Gasteiger partial charge is 0.482 e. The highest BCUT2D eigenvalue weighted by Gasteiger charge is 2.24. The van der Waals surface area contributed by atoms with E-state index in [0.29, 0.717) is 20.9 Å². The average Bonchev–Trinajstić information content (AvgIpc) is 2.73. The molecule has 0 saturated heterocycles. The number of sulfonamides is 1. The van der Waals surface area contributed by atoms with Crippen LogP contribution < -0.4 is 20.3 Å². The van der Waals surface area contributed by atoms with Gasteiger partial charge in [0.25, 0.3) is 21.9 Å². The monoisotopic (exact) mass is 467 g/mol. The Balaban J connectivity index is 1.63. The number of amides is 1. The number of carbonyl (C=O) groups is 1. The van der Waals surface area contributed by atoms with Crippen molar-refractivity contribution in [1.82, 2.24) is 9.97 Å². The minimum absolute atomic E-state index is 0.0975. The molecule has 1 amide bonds. The molecule has 1 heterocycles. The Bertz CT molecular complexity index is 1140. The van der Waals surface area contributed by atoms with E-state index in [9.17, 15) is 13.2 Å². The maximum Gasteiger partial charge on any atom is 0.280 e. The Labute approximate surface area is 182 Å². The first-order valence-corrected chi connectivity index (χ1v) is 10.5. The summed E-state index contributed by atoms with van der Waals surface area (Å²) in [6.45, 7) is -0.302. The Hall–Kier alpha value is -2.92.